The highest BCUT2D eigenvalue weighted by atomic mass is 16.5. The summed E-state index contributed by atoms with van der Waals surface area (Å²) in [6.07, 6.45) is 0.987. The topological polar surface area (TPSA) is 42.3 Å². The number of hydrogen-bond acceptors (Lipinski definition) is 3. The molecule has 98 valence electrons. The van der Waals surface area contributed by atoms with E-state index in [1.807, 2.05) is 42.5 Å². The quantitative estimate of drug-likeness (QED) is 0.662. The third kappa shape index (κ3) is 3.35. The van der Waals surface area contributed by atoms with Crippen molar-refractivity contribution in [2.24, 2.45) is 0 Å². The molecule has 0 unspecified atom stereocenters. The van der Waals surface area contributed by atoms with Crippen LogP contribution in [0.15, 0.2) is 48.5 Å². The van der Waals surface area contributed by atoms with Crippen molar-refractivity contribution in [3.05, 3.63) is 59.7 Å². The molecule has 0 atom stereocenters. The number of aryl methyl sites for hydroxylation is 1. The molecule has 3 nitrogen and oxygen atoms in total. The van der Waals surface area contributed by atoms with Gasteiger partial charge < -0.3 is 9.47 Å². The molecule has 0 aromatic heterocycles. The normalized spacial score (nSPS) is 10.0. The van der Waals surface area contributed by atoms with Gasteiger partial charge in [0.2, 0.25) is 5.90 Å². The van der Waals surface area contributed by atoms with Gasteiger partial charge in [0.1, 0.15) is 11.5 Å². The predicted molar refractivity (Wildman–Crippen MR) is 76.2 cm³/mol. The molecule has 0 aliphatic rings. The number of nitrogens with one attached hydrogen (secondary N) is 1. The Morgan fingerprint density at radius 3 is 2.42 bits per heavy atom. The minimum absolute atomic E-state index is 0.152. The fourth-order valence-electron chi connectivity index (χ4n) is 1.76. The average Bonchev–Trinajstić information content (AvgIpc) is 2.47. The summed E-state index contributed by atoms with van der Waals surface area (Å²) in [6.45, 7) is 2.12. The Labute approximate surface area is 113 Å². The highest BCUT2D eigenvalue weighted by Gasteiger charge is 2.02. The summed E-state index contributed by atoms with van der Waals surface area (Å²) >= 11 is 0. The van der Waals surface area contributed by atoms with E-state index < -0.39 is 0 Å². The second-order valence-corrected chi connectivity index (χ2v) is 4.16. The van der Waals surface area contributed by atoms with Crippen LogP contribution in [0.3, 0.4) is 0 Å². The minimum atomic E-state index is 0.152. The molecule has 0 spiro atoms. The molecule has 0 aliphatic carbocycles. The Balaban J connectivity index is 2.12. The van der Waals surface area contributed by atoms with E-state index in [0.29, 0.717) is 0 Å². The largest absolute Gasteiger partial charge is 0.481 e. The van der Waals surface area contributed by atoms with Crippen molar-refractivity contribution in [2.45, 2.75) is 13.3 Å². The van der Waals surface area contributed by atoms with Crippen molar-refractivity contribution in [3.63, 3.8) is 0 Å². The van der Waals surface area contributed by atoms with Gasteiger partial charge in [0.25, 0.3) is 0 Å². The van der Waals surface area contributed by atoms with E-state index in [0.717, 1.165) is 23.5 Å². The molecular weight excluding hydrogens is 238 g/mol. The Morgan fingerprint density at radius 1 is 1.05 bits per heavy atom. The number of methoxy groups -OCH3 is 1. The zero-order valence-electron chi connectivity index (χ0n) is 11.1. The zero-order chi connectivity index (χ0) is 13.7. The van der Waals surface area contributed by atoms with Gasteiger partial charge in [0, 0.05) is 5.56 Å². The van der Waals surface area contributed by atoms with Crippen LogP contribution in [0, 0.1) is 5.41 Å². The van der Waals surface area contributed by atoms with Gasteiger partial charge in [-0.15, -0.1) is 0 Å². The van der Waals surface area contributed by atoms with Gasteiger partial charge in [-0.1, -0.05) is 19.1 Å². The zero-order valence-corrected chi connectivity index (χ0v) is 11.1. The Kier molecular flexibility index (Phi) is 4.18. The Morgan fingerprint density at radius 2 is 1.79 bits per heavy atom. The van der Waals surface area contributed by atoms with E-state index in [4.69, 9.17) is 14.9 Å². The molecule has 0 radical (unpaired) electrons. The summed E-state index contributed by atoms with van der Waals surface area (Å²) in [5, 5.41) is 7.56. The lowest BCUT2D eigenvalue weighted by molar-refractivity contribution is 0.401. The lowest BCUT2D eigenvalue weighted by atomic mass is 10.1. The smallest absolute Gasteiger partial charge is 0.212 e. The van der Waals surface area contributed by atoms with Crippen LogP contribution < -0.4 is 4.74 Å². The molecule has 1 N–H and O–H groups in total. The van der Waals surface area contributed by atoms with E-state index in [1.165, 1.54) is 12.7 Å². The minimum Gasteiger partial charge on any atom is -0.481 e. The van der Waals surface area contributed by atoms with Gasteiger partial charge >= 0.3 is 0 Å². The number of hydrogen-bond donors (Lipinski definition) is 1. The number of ether oxygens (including phenoxy) is 2. The molecule has 2 aromatic rings. The SMILES string of the molecule is CCc1cccc(Oc2ccc(C(=N)OC)cc2)c1. The first-order chi connectivity index (χ1) is 9.22. The van der Waals surface area contributed by atoms with Crippen LogP contribution in [0.4, 0.5) is 0 Å². The van der Waals surface area contributed by atoms with E-state index in [2.05, 4.69) is 13.0 Å². The first kappa shape index (κ1) is 13.1. The molecule has 3 heteroatoms. The van der Waals surface area contributed by atoms with Crippen molar-refractivity contribution in [1.82, 2.24) is 0 Å². The number of rotatable bonds is 4. The van der Waals surface area contributed by atoms with Crippen LogP contribution in [0.25, 0.3) is 0 Å². The molecule has 2 aromatic carbocycles. The molecule has 0 amide bonds. The predicted octanol–water partition coefficient (Wildman–Crippen LogP) is 4.01. The summed E-state index contributed by atoms with van der Waals surface area (Å²) < 4.78 is 10.6. The molecule has 0 bridgehead atoms. The molecule has 2 rings (SSSR count). The molecule has 0 aliphatic heterocycles. The molecule has 0 fully saturated rings. The van der Waals surface area contributed by atoms with Gasteiger partial charge in [-0.05, 0) is 48.4 Å². The first-order valence-corrected chi connectivity index (χ1v) is 6.22. The average molecular weight is 255 g/mol. The van der Waals surface area contributed by atoms with Crippen molar-refractivity contribution >= 4 is 5.90 Å². The Hall–Kier alpha value is -2.29. The second kappa shape index (κ2) is 6.05. The fraction of sp³-hybridized carbons (Fsp3) is 0.188. The first-order valence-electron chi connectivity index (χ1n) is 6.22. The van der Waals surface area contributed by atoms with Gasteiger partial charge in [0.15, 0.2) is 0 Å². The molecule has 19 heavy (non-hydrogen) atoms. The molecular formula is C16H17NO2. The van der Waals surface area contributed by atoms with Crippen LogP contribution in [0.5, 0.6) is 11.5 Å². The third-order valence-electron chi connectivity index (χ3n) is 2.86. The summed E-state index contributed by atoms with van der Waals surface area (Å²) in [4.78, 5) is 0. The summed E-state index contributed by atoms with van der Waals surface area (Å²) in [6, 6.07) is 15.3. The van der Waals surface area contributed by atoms with Gasteiger partial charge in [-0.2, -0.15) is 0 Å². The van der Waals surface area contributed by atoms with E-state index in [9.17, 15) is 0 Å². The number of benzene rings is 2. The van der Waals surface area contributed by atoms with E-state index in [1.54, 1.807) is 0 Å². The maximum atomic E-state index is 7.56. The van der Waals surface area contributed by atoms with Crippen LogP contribution in [-0.2, 0) is 11.2 Å². The maximum Gasteiger partial charge on any atom is 0.212 e. The van der Waals surface area contributed by atoms with Gasteiger partial charge in [0.05, 0.1) is 7.11 Å². The van der Waals surface area contributed by atoms with E-state index in [-0.39, 0.29) is 5.90 Å². The fourth-order valence-corrected chi connectivity index (χ4v) is 1.76. The van der Waals surface area contributed by atoms with Crippen LogP contribution in [0.1, 0.15) is 18.1 Å². The van der Waals surface area contributed by atoms with Crippen LogP contribution >= 0.6 is 0 Å². The standard InChI is InChI=1S/C16H17NO2/c1-3-12-5-4-6-15(11-12)19-14-9-7-13(8-10-14)16(17)18-2/h4-11,17H,3H2,1-2H3. The second-order valence-electron chi connectivity index (χ2n) is 4.16. The third-order valence-corrected chi connectivity index (χ3v) is 2.86. The summed E-state index contributed by atoms with van der Waals surface area (Å²) in [5.41, 5.74) is 1.98. The molecule has 0 saturated carbocycles. The highest BCUT2D eigenvalue weighted by Crippen LogP contribution is 2.22. The van der Waals surface area contributed by atoms with Crippen LogP contribution in [0.2, 0.25) is 0 Å². The monoisotopic (exact) mass is 255 g/mol. The van der Waals surface area contributed by atoms with Crippen molar-refractivity contribution in [2.75, 3.05) is 7.11 Å². The molecule has 0 heterocycles. The molecule has 0 saturated heterocycles. The maximum absolute atomic E-state index is 7.56. The Bertz CT molecular complexity index is 561. The van der Waals surface area contributed by atoms with Crippen molar-refractivity contribution < 1.29 is 9.47 Å². The lowest BCUT2D eigenvalue weighted by Gasteiger charge is -2.08. The van der Waals surface area contributed by atoms with Crippen molar-refractivity contribution in [3.8, 4) is 11.5 Å². The highest BCUT2D eigenvalue weighted by molar-refractivity contribution is 5.91. The van der Waals surface area contributed by atoms with Crippen molar-refractivity contribution in [1.29, 1.82) is 5.41 Å². The lowest BCUT2D eigenvalue weighted by Crippen LogP contribution is -2.00. The summed E-state index contributed by atoms with van der Waals surface area (Å²) in [5.74, 6) is 1.73. The summed E-state index contributed by atoms with van der Waals surface area (Å²) in [7, 11) is 1.49. The van der Waals surface area contributed by atoms with Crippen LogP contribution in [-0.4, -0.2) is 13.0 Å². The van der Waals surface area contributed by atoms with Gasteiger partial charge in [-0.25, -0.2) is 0 Å². The van der Waals surface area contributed by atoms with Gasteiger partial charge in [-0.3, -0.25) is 5.41 Å². The van der Waals surface area contributed by atoms with E-state index >= 15 is 0 Å².